The fourth-order valence-electron chi connectivity index (χ4n) is 4.19. The number of nitrogens with one attached hydrogen (secondary N) is 1. The van der Waals surface area contributed by atoms with Gasteiger partial charge in [-0.15, -0.1) is 0 Å². The summed E-state index contributed by atoms with van der Waals surface area (Å²) in [7, 11) is 0. The van der Waals surface area contributed by atoms with Crippen molar-refractivity contribution in [3.63, 3.8) is 0 Å². The van der Waals surface area contributed by atoms with E-state index in [0.717, 1.165) is 39.0 Å². The van der Waals surface area contributed by atoms with Crippen molar-refractivity contribution in [1.29, 1.82) is 0 Å². The van der Waals surface area contributed by atoms with Gasteiger partial charge >= 0.3 is 0 Å². The van der Waals surface area contributed by atoms with E-state index in [1.54, 1.807) is 0 Å². The Morgan fingerprint density at radius 1 is 1.24 bits per heavy atom. The Morgan fingerprint density at radius 2 is 1.95 bits per heavy atom. The van der Waals surface area contributed by atoms with Crippen molar-refractivity contribution in [2.75, 3.05) is 26.2 Å². The molecule has 3 aliphatic rings. The average molecular weight is 293 g/mol. The van der Waals surface area contributed by atoms with Gasteiger partial charge in [-0.2, -0.15) is 0 Å². The highest BCUT2D eigenvalue weighted by molar-refractivity contribution is 5.91. The van der Waals surface area contributed by atoms with Gasteiger partial charge in [0.2, 0.25) is 5.91 Å². The van der Waals surface area contributed by atoms with Gasteiger partial charge in [0, 0.05) is 13.1 Å². The lowest BCUT2D eigenvalue weighted by atomic mass is 10.0. The number of carbonyl (C=O) groups excluding carboxylic acids is 1. The maximum Gasteiger partial charge on any atom is 0.244 e. The normalized spacial score (nSPS) is 28.2. The molecule has 21 heavy (non-hydrogen) atoms. The minimum atomic E-state index is -0.144. The Labute approximate surface area is 129 Å². The van der Waals surface area contributed by atoms with Crippen molar-refractivity contribution >= 4 is 5.91 Å². The first-order chi connectivity index (χ1) is 10.2. The van der Waals surface area contributed by atoms with Crippen LogP contribution in [0.5, 0.6) is 0 Å². The molecule has 1 unspecified atom stereocenters. The maximum atomic E-state index is 12.8. The lowest BCUT2D eigenvalue weighted by Gasteiger charge is -2.31. The second-order valence-electron chi connectivity index (χ2n) is 7.15. The van der Waals surface area contributed by atoms with E-state index < -0.39 is 0 Å². The van der Waals surface area contributed by atoms with Crippen LogP contribution in [0.4, 0.5) is 0 Å². The Hall–Kier alpha value is -0.610. The van der Waals surface area contributed by atoms with Gasteiger partial charge in [-0.25, -0.2) is 0 Å². The van der Waals surface area contributed by atoms with E-state index in [0.29, 0.717) is 18.0 Å². The molecule has 0 aromatic carbocycles. The zero-order chi connectivity index (χ0) is 14.9. The van der Waals surface area contributed by atoms with Crippen molar-refractivity contribution < 1.29 is 4.79 Å². The van der Waals surface area contributed by atoms with Crippen LogP contribution in [0.1, 0.15) is 58.8 Å². The molecular weight excluding hydrogens is 262 g/mol. The quantitative estimate of drug-likeness (QED) is 0.781. The molecule has 1 amide bonds. The second kappa shape index (κ2) is 6.25. The van der Waals surface area contributed by atoms with E-state index in [9.17, 15) is 4.79 Å². The molecule has 1 atom stereocenters. The van der Waals surface area contributed by atoms with Crippen molar-refractivity contribution in [1.82, 2.24) is 15.1 Å². The number of carbonyl (C=O) groups is 1. The van der Waals surface area contributed by atoms with Gasteiger partial charge in [0.05, 0.1) is 11.7 Å². The van der Waals surface area contributed by atoms with E-state index in [2.05, 4.69) is 29.0 Å². The summed E-state index contributed by atoms with van der Waals surface area (Å²) in [4.78, 5) is 17.4. The first kappa shape index (κ1) is 15.3. The van der Waals surface area contributed by atoms with Crippen LogP contribution in [0.25, 0.3) is 0 Å². The van der Waals surface area contributed by atoms with Gasteiger partial charge < -0.3 is 9.80 Å². The third-order valence-corrected chi connectivity index (χ3v) is 5.67. The zero-order valence-electron chi connectivity index (χ0n) is 13.7. The number of rotatable bonds is 7. The fourth-order valence-corrected chi connectivity index (χ4v) is 4.19. The number of hydrogen-bond donors (Lipinski definition) is 1. The van der Waals surface area contributed by atoms with Crippen LogP contribution in [0.2, 0.25) is 0 Å². The zero-order valence-corrected chi connectivity index (χ0v) is 13.7. The molecule has 0 radical (unpaired) electrons. The van der Waals surface area contributed by atoms with Gasteiger partial charge in [0.1, 0.15) is 0 Å². The molecule has 1 spiro atoms. The Balaban J connectivity index is 1.63. The molecular formula is C17H31N3O. The summed E-state index contributed by atoms with van der Waals surface area (Å²) in [5, 5.41) is 3.71. The lowest BCUT2D eigenvalue weighted by molar-refractivity contribution is -0.131. The van der Waals surface area contributed by atoms with Crippen molar-refractivity contribution in [2.45, 2.75) is 70.5 Å². The van der Waals surface area contributed by atoms with Gasteiger partial charge in [-0.05, 0) is 51.1 Å². The summed E-state index contributed by atoms with van der Waals surface area (Å²) >= 11 is 0. The number of nitrogens with zero attached hydrogens (tertiary/aromatic N) is 2. The van der Waals surface area contributed by atoms with Crippen molar-refractivity contribution in [2.24, 2.45) is 5.92 Å². The Morgan fingerprint density at radius 3 is 2.52 bits per heavy atom. The highest BCUT2D eigenvalue weighted by atomic mass is 16.2. The molecule has 4 heteroatoms. The summed E-state index contributed by atoms with van der Waals surface area (Å²) in [6, 6.07) is 0. The lowest BCUT2D eigenvalue weighted by Crippen LogP contribution is -2.46. The summed E-state index contributed by atoms with van der Waals surface area (Å²) in [6.07, 6.45) is 8.90. The number of amides is 1. The van der Waals surface area contributed by atoms with Crippen LogP contribution < -0.4 is 5.32 Å². The molecule has 1 heterocycles. The molecule has 120 valence electrons. The average Bonchev–Trinajstić information content (AvgIpc) is 2.96. The predicted octanol–water partition coefficient (Wildman–Crippen LogP) is 2.20. The summed E-state index contributed by atoms with van der Waals surface area (Å²) in [5.74, 6) is 1.09. The third-order valence-electron chi connectivity index (χ3n) is 5.67. The molecule has 1 aliphatic heterocycles. The predicted molar refractivity (Wildman–Crippen MR) is 85.0 cm³/mol. The van der Waals surface area contributed by atoms with E-state index >= 15 is 0 Å². The first-order valence-corrected chi connectivity index (χ1v) is 9.01. The standard InChI is InChI=1S/C17H31N3O/c1-3-11-19(4-2)12-13-20-15(14-7-5-6-8-14)18-17(9-10-17)16(20)21/h14-15,18H,3-13H2,1-2H3. The van der Waals surface area contributed by atoms with Crippen LogP contribution in [-0.4, -0.2) is 53.6 Å². The monoisotopic (exact) mass is 293 g/mol. The summed E-state index contributed by atoms with van der Waals surface area (Å²) in [5.41, 5.74) is -0.144. The highest BCUT2D eigenvalue weighted by Crippen LogP contribution is 2.45. The fraction of sp³-hybridized carbons (Fsp3) is 0.941. The van der Waals surface area contributed by atoms with Gasteiger partial charge in [-0.3, -0.25) is 10.1 Å². The first-order valence-electron chi connectivity index (χ1n) is 9.01. The summed E-state index contributed by atoms with van der Waals surface area (Å²) < 4.78 is 0. The largest absolute Gasteiger partial charge is 0.324 e. The van der Waals surface area contributed by atoms with Gasteiger partial charge in [-0.1, -0.05) is 26.7 Å². The van der Waals surface area contributed by atoms with Gasteiger partial charge in [0.25, 0.3) is 0 Å². The van der Waals surface area contributed by atoms with Crippen LogP contribution in [0.15, 0.2) is 0 Å². The van der Waals surface area contributed by atoms with Crippen molar-refractivity contribution in [3.05, 3.63) is 0 Å². The highest BCUT2D eigenvalue weighted by Gasteiger charge is 2.60. The van der Waals surface area contributed by atoms with Crippen LogP contribution >= 0.6 is 0 Å². The van der Waals surface area contributed by atoms with Crippen molar-refractivity contribution in [3.8, 4) is 0 Å². The minimum Gasteiger partial charge on any atom is -0.324 e. The molecule has 1 N–H and O–H groups in total. The molecule has 3 rings (SSSR count). The summed E-state index contributed by atoms with van der Waals surface area (Å²) in [6.45, 7) is 8.61. The number of hydrogen-bond acceptors (Lipinski definition) is 3. The molecule has 0 bridgehead atoms. The van der Waals surface area contributed by atoms with Crippen LogP contribution in [0.3, 0.4) is 0 Å². The third kappa shape index (κ3) is 2.98. The topological polar surface area (TPSA) is 35.6 Å². The molecule has 4 nitrogen and oxygen atoms in total. The molecule has 1 saturated heterocycles. The minimum absolute atomic E-state index is 0.144. The maximum absolute atomic E-state index is 12.8. The van der Waals surface area contributed by atoms with E-state index in [4.69, 9.17) is 0 Å². The van der Waals surface area contributed by atoms with Crippen LogP contribution in [-0.2, 0) is 4.79 Å². The molecule has 0 aromatic heterocycles. The Bertz CT molecular complexity index is 374. The van der Waals surface area contributed by atoms with E-state index in [1.807, 2.05) is 0 Å². The molecule has 2 aliphatic carbocycles. The second-order valence-corrected chi connectivity index (χ2v) is 7.15. The van der Waals surface area contributed by atoms with Crippen LogP contribution in [0, 0.1) is 5.92 Å². The molecule has 2 saturated carbocycles. The SMILES string of the molecule is CCCN(CC)CCN1C(=O)C2(CC2)NC1C1CCCC1. The molecule has 0 aromatic rings. The Kier molecular flexibility index (Phi) is 4.55. The molecule has 3 fully saturated rings. The van der Waals surface area contributed by atoms with Gasteiger partial charge in [0.15, 0.2) is 0 Å². The van der Waals surface area contributed by atoms with E-state index in [1.165, 1.54) is 32.1 Å². The number of likely N-dealkylation sites (N-methyl/N-ethyl adjacent to an activating group) is 1. The smallest absolute Gasteiger partial charge is 0.244 e. The van der Waals surface area contributed by atoms with E-state index in [-0.39, 0.29) is 5.54 Å².